The first-order valence-electron chi connectivity index (χ1n) is 5.81. The van der Waals surface area contributed by atoms with Crippen LogP contribution >= 0.6 is 11.3 Å². The molecule has 3 aromatic rings. The first-order chi connectivity index (χ1) is 9.22. The number of amides is 1. The molecular formula is C14H11FN2OS. The van der Waals surface area contributed by atoms with E-state index >= 15 is 0 Å². The van der Waals surface area contributed by atoms with Gasteiger partial charge in [-0.2, -0.15) is 0 Å². The largest absolute Gasteiger partial charge is 0.351 e. The second-order valence-electron chi connectivity index (χ2n) is 4.18. The third-order valence-electron chi connectivity index (χ3n) is 2.83. The SMILES string of the molecule is O=C(NCc1cccs1)c1cc2cc(F)ccc2[nH]1. The number of H-pyrrole nitrogens is 1. The van der Waals surface area contributed by atoms with Crippen molar-refractivity contribution in [3.63, 3.8) is 0 Å². The lowest BCUT2D eigenvalue weighted by molar-refractivity contribution is 0.0947. The summed E-state index contributed by atoms with van der Waals surface area (Å²) in [4.78, 5) is 16.0. The molecule has 0 unspecified atom stereocenters. The van der Waals surface area contributed by atoms with Crippen LogP contribution in [0.2, 0.25) is 0 Å². The van der Waals surface area contributed by atoms with Gasteiger partial charge in [-0.25, -0.2) is 4.39 Å². The van der Waals surface area contributed by atoms with Gasteiger partial charge in [0.05, 0.1) is 6.54 Å². The fraction of sp³-hybridized carbons (Fsp3) is 0.0714. The van der Waals surface area contributed by atoms with Gasteiger partial charge in [0, 0.05) is 15.8 Å². The van der Waals surface area contributed by atoms with Gasteiger partial charge in [-0.1, -0.05) is 6.07 Å². The fourth-order valence-electron chi connectivity index (χ4n) is 1.90. The van der Waals surface area contributed by atoms with E-state index in [1.54, 1.807) is 23.5 Å². The van der Waals surface area contributed by atoms with Crippen molar-refractivity contribution in [3.05, 3.63) is 58.2 Å². The van der Waals surface area contributed by atoms with Crippen LogP contribution in [-0.4, -0.2) is 10.9 Å². The Labute approximate surface area is 113 Å². The van der Waals surface area contributed by atoms with Gasteiger partial charge in [-0.05, 0) is 35.7 Å². The van der Waals surface area contributed by atoms with Gasteiger partial charge in [0.15, 0.2) is 0 Å². The maximum atomic E-state index is 13.1. The van der Waals surface area contributed by atoms with Crippen molar-refractivity contribution >= 4 is 28.1 Å². The van der Waals surface area contributed by atoms with Crippen molar-refractivity contribution in [1.82, 2.24) is 10.3 Å². The summed E-state index contributed by atoms with van der Waals surface area (Å²) in [5.41, 5.74) is 1.19. The molecular weight excluding hydrogens is 263 g/mol. The molecule has 0 bridgehead atoms. The van der Waals surface area contributed by atoms with Gasteiger partial charge in [-0.15, -0.1) is 11.3 Å². The molecule has 0 radical (unpaired) electrons. The van der Waals surface area contributed by atoms with E-state index in [1.807, 2.05) is 17.5 Å². The molecule has 0 spiro atoms. The molecule has 0 fully saturated rings. The van der Waals surface area contributed by atoms with Crippen LogP contribution < -0.4 is 5.32 Å². The van der Waals surface area contributed by atoms with Gasteiger partial charge in [-0.3, -0.25) is 4.79 Å². The molecule has 19 heavy (non-hydrogen) atoms. The molecule has 0 aliphatic carbocycles. The summed E-state index contributed by atoms with van der Waals surface area (Å²) in [6.07, 6.45) is 0. The van der Waals surface area contributed by atoms with Gasteiger partial charge in [0.2, 0.25) is 0 Å². The van der Waals surface area contributed by atoms with Crippen LogP contribution in [0, 0.1) is 5.82 Å². The van der Waals surface area contributed by atoms with Gasteiger partial charge in [0.25, 0.3) is 5.91 Å². The second kappa shape index (κ2) is 4.85. The summed E-state index contributed by atoms with van der Waals surface area (Å²) in [6.45, 7) is 0.500. The molecule has 0 atom stereocenters. The summed E-state index contributed by atoms with van der Waals surface area (Å²) in [6, 6.07) is 9.96. The fourth-order valence-corrected chi connectivity index (χ4v) is 2.55. The van der Waals surface area contributed by atoms with Crippen LogP contribution in [0.15, 0.2) is 41.8 Å². The zero-order valence-corrected chi connectivity index (χ0v) is 10.8. The van der Waals surface area contributed by atoms with Gasteiger partial charge in [0.1, 0.15) is 11.5 Å². The number of hydrogen-bond acceptors (Lipinski definition) is 2. The predicted molar refractivity (Wildman–Crippen MR) is 73.7 cm³/mol. The molecule has 2 N–H and O–H groups in total. The van der Waals surface area contributed by atoms with E-state index < -0.39 is 0 Å². The van der Waals surface area contributed by atoms with E-state index in [0.717, 1.165) is 10.4 Å². The number of aromatic amines is 1. The van der Waals surface area contributed by atoms with E-state index in [9.17, 15) is 9.18 Å². The van der Waals surface area contributed by atoms with E-state index in [0.29, 0.717) is 17.6 Å². The average molecular weight is 274 g/mol. The highest BCUT2D eigenvalue weighted by atomic mass is 32.1. The topological polar surface area (TPSA) is 44.9 Å². The molecule has 3 nitrogen and oxygen atoms in total. The summed E-state index contributed by atoms with van der Waals surface area (Å²) in [5.74, 6) is -0.498. The van der Waals surface area contributed by atoms with Crippen molar-refractivity contribution in [2.45, 2.75) is 6.54 Å². The van der Waals surface area contributed by atoms with Crippen LogP contribution in [0.4, 0.5) is 4.39 Å². The molecule has 2 aromatic heterocycles. The normalized spacial score (nSPS) is 10.8. The Hall–Kier alpha value is -2.14. The summed E-state index contributed by atoms with van der Waals surface area (Å²) >= 11 is 1.59. The quantitative estimate of drug-likeness (QED) is 0.756. The highest BCUT2D eigenvalue weighted by Crippen LogP contribution is 2.16. The number of thiophene rings is 1. The Morgan fingerprint density at radius 2 is 2.21 bits per heavy atom. The molecule has 0 aliphatic rings. The molecule has 2 heterocycles. The second-order valence-corrected chi connectivity index (χ2v) is 5.21. The third-order valence-corrected chi connectivity index (χ3v) is 3.71. The molecule has 96 valence electrons. The molecule has 0 saturated carbocycles. The number of hydrogen-bond donors (Lipinski definition) is 2. The zero-order valence-electron chi connectivity index (χ0n) is 9.94. The van der Waals surface area contributed by atoms with E-state index in [-0.39, 0.29) is 11.7 Å². The Kier molecular flexibility index (Phi) is 3.05. The van der Waals surface area contributed by atoms with Gasteiger partial charge < -0.3 is 10.3 Å². The molecule has 0 aliphatic heterocycles. The molecule has 1 aromatic carbocycles. The number of carbonyl (C=O) groups is 1. The Balaban J connectivity index is 1.77. The Morgan fingerprint density at radius 1 is 1.32 bits per heavy atom. The number of nitrogens with one attached hydrogen (secondary N) is 2. The highest BCUT2D eigenvalue weighted by molar-refractivity contribution is 7.09. The zero-order chi connectivity index (χ0) is 13.2. The first-order valence-corrected chi connectivity index (χ1v) is 6.69. The summed E-state index contributed by atoms with van der Waals surface area (Å²) in [5, 5.41) is 5.48. The van der Waals surface area contributed by atoms with E-state index in [1.165, 1.54) is 12.1 Å². The van der Waals surface area contributed by atoms with Crippen LogP contribution in [0.25, 0.3) is 10.9 Å². The van der Waals surface area contributed by atoms with Crippen molar-refractivity contribution in [2.75, 3.05) is 0 Å². The first kappa shape index (κ1) is 11.9. The number of aromatic nitrogens is 1. The van der Waals surface area contributed by atoms with Crippen molar-refractivity contribution in [3.8, 4) is 0 Å². The Morgan fingerprint density at radius 3 is 3.00 bits per heavy atom. The minimum absolute atomic E-state index is 0.190. The molecule has 1 amide bonds. The summed E-state index contributed by atoms with van der Waals surface area (Å²) in [7, 11) is 0. The lowest BCUT2D eigenvalue weighted by Gasteiger charge is -2.00. The number of benzene rings is 1. The van der Waals surface area contributed by atoms with Crippen LogP contribution in [0.3, 0.4) is 0 Å². The lowest BCUT2D eigenvalue weighted by atomic mass is 10.2. The maximum absolute atomic E-state index is 13.1. The minimum atomic E-state index is -0.308. The molecule has 5 heteroatoms. The average Bonchev–Trinajstić information content (AvgIpc) is 3.04. The predicted octanol–water partition coefficient (Wildman–Crippen LogP) is 3.30. The lowest BCUT2D eigenvalue weighted by Crippen LogP contribution is -2.22. The maximum Gasteiger partial charge on any atom is 0.268 e. The van der Waals surface area contributed by atoms with Crippen LogP contribution in [0.1, 0.15) is 15.4 Å². The molecule has 3 rings (SSSR count). The van der Waals surface area contributed by atoms with E-state index in [4.69, 9.17) is 0 Å². The van der Waals surface area contributed by atoms with Crippen molar-refractivity contribution in [2.24, 2.45) is 0 Å². The van der Waals surface area contributed by atoms with E-state index in [2.05, 4.69) is 10.3 Å². The Bertz CT molecular complexity index is 718. The minimum Gasteiger partial charge on any atom is -0.351 e. The van der Waals surface area contributed by atoms with Crippen LogP contribution in [0.5, 0.6) is 0 Å². The molecule has 0 saturated heterocycles. The van der Waals surface area contributed by atoms with Crippen molar-refractivity contribution in [1.29, 1.82) is 0 Å². The summed E-state index contributed by atoms with van der Waals surface area (Å²) < 4.78 is 13.1. The number of fused-ring (bicyclic) bond motifs is 1. The highest BCUT2D eigenvalue weighted by Gasteiger charge is 2.09. The third kappa shape index (κ3) is 2.51. The smallest absolute Gasteiger partial charge is 0.268 e. The number of rotatable bonds is 3. The monoisotopic (exact) mass is 274 g/mol. The number of halogens is 1. The van der Waals surface area contributed by atoms with Gasteiger partial charge >= 0.3 is 0 Å². The standard InChI is InChI=1S/C14H11FN2OS/c15-10-3-4-12-9(6-10)7-13(17-12)14(18)16-8-11-2-1-5-19-11/h1-7,17H,8H2,(H,16,18). The number of carbonyl (C=O) groups excluding carboxylic acids is 1. The van der Waals surface area contributed by atoms with Crippen molar-refractivity contribution < 1.29 is 9.18 Å². The van der Waals surface area contributed by atoms with Crippen LogP contribution in [-0.2, 0) is 6.54 Å².